The molecular formula is C50H39NS2. The van der Waals surface area contributed by atoms with E-state index in [1.807, 2.05) is 22.7 Å². The Morgan fingerprint density at radius 1 is 0.358 bits per heavy atom. The lowest BCUT2D eigenvalue weighted by atomic mass is 9.72. The number of thiophene rings is 2. The highest BCUT2D eigenvalue weighted by Crippen LogP contribution is 2.56. The van der Waals surface area contributed by atoms with E-state index in [1.54, 1.807) is 0 Å². The summed E-state index contributed by atoms with van der Waals surface area (Å²) >= 11 is 3.74. The average Bonchev–Trinajstić information content (AvgIpc) is 3.94. The summed E-state index contributed by atoms with van der Waals surface area (Å²) in [4.78, 5) is 7.69. The molecule has 0 saturated carbocycles. The largest absolute Gasteiger partial charge is 0.310 e. The van der Waals surface area contributed by atoms with Gasteiger partial charge in [0.1, 0.15) is 0 Å². The molecule has 0 unspecified atom stereocenters. The molecular weight excluding hydrogens is 679 g/mol. The van der Waals surface area contributed by atoms with Crippen LogP contribution in [0.15, 0.2) is 164 Å². The minimum Gasteiger partial charge on any atom is -0.310 e. The maximum absolute atomic E-state index is 2.52. The van der Waals surface area contributed by atoms with Gasteiger partial charge in [0, 0.05) is 36.0 Å². The van der Waals surface area contributed by atoms with Crippen molar-refractivity contribution in [3.8, 4) is 52.9 Å². The summed E-state index contributed by atoms with van der Waals surface area (Å²) < 4.78 is 0. The van der Waals surface area contributed by atoms with Crippen molar-refractivity contribution in [2.24, 2.45) is 0 Å². The van der Waals surface area contributed by atoms with Gasteiger partial charge in [0.25, 0.3) is 0 Å². The number of fused-ring (bicyclic) bond motifs is 5. The van der Waals surface area contributed by atoms with Crippen LogP contribution >= 0.6 is 22.7 Å². The molecule has 1 aliphatic heterocycles. The highest BCUT2D eigenvalue weighted by atomic mass is 32.1. The first-order valence-corrected chi connectivity index (χ1v) is 20.1. The maximum Gasteiger partial charge on any atom is 0.0503 e. The molecule has 0 radical (unpaired) electrons. The Labute approximate surface area is 320 Å². The molecule has 0 atom stereocenters. The Bertz CT molecular complexity index is 2540. The fourth-order valence-electron chi connectivity index (χ4n) is 8.66. The number of anilines is 3. The van der Waals surface area contributed by atoms with E-state index >= 15 is 0 Å². The fourth-order valence-corrected chi connectivity index (χ4v) is 10.7. The zero-order valence-corrected chi connectivity index (χ0v) is 32.0. The summed E-state index contributed by atoms with van der Waals surface area (Å²) in [5.41, 5.74) is 16.6. The van der Waals surface area contributed by atoms with Gasteiger partial charge < -0.3 is 4.90 Å². The Morgan fingerprint density at radius 2 is 0.811 bits per heavy atom. The van der Waals surface area contributed by atoms with Crippen molar-refractivity contribution in [1.29, 1.82) is 0 Å². The van der Waals surface area contributed by atoms with E-state index in [4.69, 9.17) is 0 Å². The molecule has 0 spiro atoms. The number of rotatable bonds is 5. The molecule has 10 rings (SSSR count). The fraction of sp³-hybridized carbons (Fsp3) is 0.120. The van der Waals surface area contributed by atoms with Gasteiger partial charge in [-0.15, -0.1) is 22.7 Å². The quantitative estimate of drug-likeness (QED) is 0.171. The van der Waals surface area contributed by atoms with Gasteiger partial charge in [0.2, 0.25) is 0 Å². The Morgan fingerprint density at radius 3 is 1.36 bits per heavy atom. The Balaban J connectivity index is 1.13. The third-order valence-corrected chi connectivity index (χ3v) is 13.9. The molecule has 0 saturated heterocycles. The molecule has 2 aliphatic rings. The first-order valence-electron chi connectivity index (χ1n) is 18.4. The summed E-state index contributed by atoms with van der Waals surface area (Å²) in [6.07, 6.45) is 0. The Kier molecular flexibility index (Phi) is 7.31. The Hall–Kier alpha value is -5.48. The molecule has 0 N–H and O–H groups in total. The van der Waals surface area contributed by atoms with Crippen LogP contribution in [0.2, 0.25) is 0 Å². The van der Waals surface area contributed by atoms with Crippen LogP contribution in [0.4, 0.5) is 17.1 Å². The van der Waals surface area contributed by atoms with Gasteiger partial charge >= 0.3 is 0 Å². The lowest BCUT2D eigenvalue weighted by Gasteiger charge is -2.42. The minimum absolute atomic E-state index is 0.0817. The van der Waals surface area contributed by atoms with Crippen molar-refractivity contribution in [1.82, 2.24) is 0 Å². The molecule has 3 heteroatoms. The molecule has 0 amide bonds. The SMILES string of the molecule is CC1(C)c2ccccc2-c2ccc(N3c4ccc(-c5ccc(-c6ccccc6)s5)cc4C(C)(C)c4cc(-c5ccc(-c6ccccc6)s5)ccc43)cc21. The van der Waals surface area contributed by atoms with Gasteiger partial charge in [-0.2, -0.15) is 0 Å². The first kappa shape index (κ1) is 32.2. The number of hydrogen-bond acceptors (Lipinski definition) is 3. The van der Waals surface area contributed by atoms with Crippen LogP contribution in [0.5, 0.6) is 0 Å². The van der Waals surface area contributed by atoms with Gasteiger partial charge in [0.15, 0.2) is 0 Å². The van der Waals surface area contributed by atoms with Gasteiger partial charge in [-0.3, -0.25) is 0 Å². The van der Waals surface area contributed by atoms with Crippen LogP contribution in [0.1, 0.15) is 49.9 Å². The highest BCUT2D eigenvalue weighted by Gasteiger charge is 2.40. The van der Waals surface area contributed by atoms with Crippen molar-refractivity contribution in [2.45, 2.75) is 38.5 Å². The third-order valence-electron chi connectivity index (χ3n) is 11.5. The monoisotopic (exact) mass is 717 g/mol. The second-order valence-corrected chi connectivity index (χ2v) is 17.6. The molecule has 53 heavy (non-hydrogen) atoms. The molecule has 1 aliphatic carbocycles. The van der Waals surface area contributed by atoms with Gasteiger partial charge in [0.05, 0.1) is 11.4 Å². The predicted molar refractivity (Wildman–Crippen MR) is 228 cm³/mol. The maximum atomic E-state index is 2.52. The van der Waals surface area contributed by atoms with E-state index in [0.717, 1.165) is 0 Å². The highest BCUT2D eigenvalue weighted by molar-refractivity contribution is 7.19. The lowest BCUT2D eigenvalue weighted by molar-refractivity contribution is 0.632. The first-order chi connectivity index (χ1) is 25.8. The zero-order valence-electron chi connectivity index (χ0n) is 30.4. The average molecular weight is 718 g/mol. The number of nitrogens with zero attached hydrogens (tertiary/aromatic N) is 1. The van der Waals surface area contributed by atoms with Crippen LogP contribution < -0.4 is 4.90 Å². The predicted octanol–water partition coefficient (Wildman–Crippen LogP) is 14.9. The molecule has 2 aromatic heterocycles. The van der Waals surface area contributed by atoms with Gasteiger partial charge in [-0.05, 0) is 116 Å². The van der Waals surface area contributed by atoms with E-state index in [2.05, 4.69) is 196 Å². The summed E-state index contributed by atoms with van der Waals surface area (Å²) in [6, 6.07) is 60.9. The summed E-state index contributed by atoms with van der Waals surface area (Å²) in [5.74, 6) is 0. The molecule has 1 nitrogen and oxygen atoms in total. The minimum atomic E-state index is -0.238. The topological polar surface area (TPSA) is 3.24 Å². The van der Waals surface area contributed by atoms with Crippen LogP contribution in [0.25, 0.3) is 52.9 Å². The summed E-state index contributed by atoms with van der Waals surface area (Å²) in [7, 11) is 0. The molecule has 3 heterocycles. The summed E-state index contributed by atoms with van der Waals surface area (Å²) in [6.45, 7) is 9.56. The van der Waals surface area contributed by atoms with E-state index in [9.17, 15) is 0 Å². The van der Waals surface area contributed by atoms with E-state index in [-0.39, 0.29) is 10.8 Å². The van der Waals surface area contributed by atoms with Crippen molar-refractivity contribution >= 4 is 39.7 Å². The second kappa shape index (κ2) is 12.0. The number of hydrogen-bond donors (Lipinski definition) is 0. The second-order valence-electron chi connectivity index (χ2n) is 15.4. The molecule has 256 valence electrons. The normalized spacial score (nSPS) is 14.7. The molecule has 0 fully saturated rings. The molecule has 8 aromatic rings. The molecule has 6 aromatic carbocycles. The van der Waals surface area contributed by atoms with Crippen LogP contribution in [-0.4, -0.2) is 0 Å². The van der Waals surface area contributed by atoms with E-state index in [0.29, 0.717) is 0 Å². The summed E-state index contributed by atoms with van der Waals surface area (Å²) in [5, 5.41) is 0. The van der Waals surface area contributed by atoms with Crippen LogP contribution in [0.3, 0.4) is 0 Å². The standard InChI is InChI=1S/C50H39NS2/c1-49(2)39-18-12-11-17-37(39)38-22-21-36(31-40(38)49)51-43-23-19-34(47-27-25-45(52-47)32-13-7-5-8-14-32)29-41(43)50(3,4)42-30-35(20-24-44(42)51)48-28-26-46(53-48)33-15-9-6-10-16-33/h5-31H,1-4H3. The van der Waals surface area contributed by atoms with Crippen LogP contribution in [-0.2, 0) is 10.8 Å². The van der Waals surface area contributed by atoms with Crippen LogP contribution in [0, 0.1) is 0 Å². The van der Waals surface area contributed by atoms with E-state index < -0.39 is 0 Å². The molecule has 0 bridgehead atoms. The van der Waals surface area contributed by atoms with Crippen molar-refractivity contribution in [3.05, 3.63) is 186 Å². The van der Waals surface area contributed by atoms with Gasteiger partial charge in [-0.1, -0.05) is 131 Å². The zero-order chi connectivity index (χ0) is 35.9. The van der Waals surface area contributed by atoms with Gasteiger partial charge in [-0.25, -0.2) is 0 Å². The van der Waals surface area contributed by atoms with Crippen molar-refractivity contribution < 1.29 is 0 Å². The lowest BCUT2D eigenvalue weighted by Crippen LogP contribution is -2.31. The van der Waals surface area contributed by atoms with Crippen molar-refractivity contribution in [3.63, 3.8) is 0 Å². The number of benzene rings is 6. The third kappa shape index (κ3) is 5.10. The van der Waals surface area contributed by atoms with Crippen molar-refractivity contribution in [2.75, 3.05) is 4.90 Å². The van der Waals surface area contributed by atoms with E-state index in [1.165, 1.54) is 92.2 Å². The smallest absolute Gasteiger partial charge is 0.0503 e.